The molecule has 1 unspecified atom stereocenters. The molecule has 0 amide bonds. The van der Waals surface area contributed by atoms with Gasteiger partial charge in [0.25, 0.3) is 0 Å². The highest BCUT2D eigenvalue weighted by molar-refractivity contribution is 7.19. The largest absolute Gasteiger partial charge is 0.494 e. The summed E-state index contributed by atoms with van der Waals surface area (Å²) >= 11 is 1.41. The SMILES string of the molecule is COCCC(CCOc1ccc(OCC=O)c(C)c1)c1sc2cc(C(F)(F)F)ccc2c1C. The lowest BCUT2D eigenvalue weighted by atomic mass is 9.96. The number of carbonyl (C=O) groups excluding carboxylic acids is 1. The highest BCUT2D eigenvalue weighted by Gasteiger charge is 2.31. The average Bonchev–Trinajstić information content (AvgIpc) is 3.10. The monoisotopic (exact) mass is 480 g/mol. The summed E-state index contributed by atoms with van der Waals surface area (Å²) in [6, 6.07) is 9.36. The summed E-state index contributed by atoms with van der Waals surface area (Å²) < 4.78 is 56.6. The molecule has 0 aliphatic carbocycles. The summed E-state index contributed by atoms with van der Waals surface area (Å²) in [5.41, 5.74) is 1.25. The van der Waals surface area contributed by atoms with Gasteiger partial charge in [0.05, 0.1) is 12.2 Å². The fourth-order valence-corrected chi connectivity index (χ4v) is 5.21. The lowest BCUT2D eigenvalue weighted by Crippen LogP contribution is -2.08. The lowest BCUT2D eigenvalue weighted by molar-refractivity contribution is -0.137. The third kappa shape index (κ3) is 6.26. The molecule has 4 nitrogen and oxygen atoms in total. The minimum absolute atomic E-state index is 0.00120. The maximum atomic E-state index is 13.1. The van der Waals surface area contributed by atoms with E-state index in [1.165, 1.54) is 17.4 Å². The summed E-state index contributed by atoms with van der Waals surface area (Å²) in [5.74, 6) is 1.43. The number of halogens is 3. The maximum Gasteiger partial charge on any atom is 0.416 e. The third-order valence-electron chi connectivity index (χ3n) is 5.53. The molecule has 0 bridgehead atoms. The first kappa shape index (κ1) is 25.1. The van der Waals surface area contributed by atoms with E-state index >= 15 is 0 Å². The number of aryl methyl sites for hydroxylation is 2. The van der Waals surface area contributed by atoms with Gasteiger partial charge in [-0.3, -0.25) is 4.79 Å². The van der Waals surface area contributed by atoms with Gasteiger partial charge in [0.2, 0.25) is 0 Å². The van der Waals surface area contributed by atoms with Crippen molar-refractivity contribution in [1.82, 2.24) is 0 Å². The first-order valence-corrected chi connectivity index (χ1v) is 11.4. The van der Waals surface area contributed by atoms with Crippen LogP contribution in [0, 0.1) is 13.8 Å². The molecule has 178 valence electrons. The van der Waals surface area contributed by atoms with E-state index < -0.39 is 11.7 Å². The van der Waals surface area contributed by atoms with E-state index in [4.69, 9.17) is 14.2 Å². The van der Waals surface area contributed by atoms with Crippen LogP contribution in [0.1, 0.15) is 40.3 Å². The zero-order valence-corrected chi connectivity index (χ0v) is 19.6. The molecule has 0 aliphatic rings. The van der Waals surface area contributed by atoms with Crippen molar-refractivity contribution in [2.24, 2.45) is 0 Å². The Hall–Kier alpha value is -2.58. The Bertz CT molecular complexity index is 1090. The highest BCUT2D eigenvalue weighted by Crippen LogP contribution is 2.41. The van der Waals surface area contributed by atoms with E-state index in [1.54, 1.807) is 25.3 Å². The molecular formula is C25H27F3O4S. The molecule has 0 saturated carbocycles. The third-order valence-corrected chi connectivity index (χ3v) is 6.95. The topological polar surface area (TPSA) is 44.8 Å². The number of methoxy groups -OCH3 is 1. The number of hydrogen-bond donors (Lipinski definition) is 0. The number of thiophene rings is 1. The van der Waals surface area contributed by atoms with Crippen LogP contribution in [-0.4, -0.2) is 33.2 Å². The molecule has 0 spiro atoms. The van der Waals surface area contributed by atoms with Crippen molar-refractivity contribution in [2.45, 2.75) is 38.8 Å². The number of fused-ring (bicyclic) bond motifs is 1. The van der Waals surface area contributed by atoms with Crippen LogP contribution in [0.4, 0.5) is 13.2 Å². The van der Waals surface area contributed by atoms with Gasteiger partial charge in [0, 0.05) is 23.3 Å². The first-order chi connectivity index (χ1) is 15.7. The average molecular weight is 481 g/mol. The summed E-state index contributed by atoms with van der Waals surface area (Å²) in [6.45, 7) is 4.84. The maximum absolute atomic E-state index is 13.1. The fraction of sp³-hybridized carbons (Fsp3) is 0.400. The molecule has 0 aliphatic heterocycles. The van der Waals surface area contributed by atoms with Gasteiger partial charge >= 0.3 is 6.18 Å². The fourth-order valence-electron chi connectivity index (χ4n) is 3.79. The van der Waals surface area contributed by atoms with Gasteiger partial charge < -0.3 is 14.2 Å². The molecule has 3 aromatic rings. The van der Waals surface area contributed by atoms with Crippen molar-refractivity contribution >= 4 is 27.7 Å². The Morgan fingerprint density at radius 3 is 2.45 bits per heavy atom. The Morgan fingerprint density at radius 2 is 1.79 bits per heavy atom. The minimum Gasteiger partial charge on any atom is -0.494 e. The molecule has 1 aromatic heterocycles. The predicted octanol–water partition coefficient (Wildman–Crippen LogP) is 6.70. The van der Waals surface area contributed by atoms with E-state index in [0.717, 1.165) is 33.9 Å². The quantitative estimate of drug-likeness (QED) is 0.286. The molecule has 1 heterocycles. The van der Waals surface area contributed by atoms with Gasteiger partial charge in [0.1, 0.15) is 18.1 Å². The van der Waals surface area contributed by atoms with Crippen LogP contribution in [-0.2, 0) is 15.7 Å². The van der Waals surface area contributed by atoms with E-state index in [0.29, 0.717) is 42.1 Å². The molecule has 0 saturated heterocycles. The number of carbonyl (C=O) groups is 1. The molecule has 2 aromatic carbocycles. The number of hydrogen-bond acceptors (Lipinski definition) is 5. The Morgan fingerprint density at radius 1 is 1.03 bits per heavy atom. The van der Waals surface area contributed by atoms with Crippen LogP contribution in [0.2, 0.25) is 0 Å². The normalized spacial score (nSPS) is 12.7. The highest BCUT2D eigenvalue weighted by atomic mass is 32.1. The van der Waals surface area contributed by atoms with Crippen molar-refractivity contribution in [3.05, 3.63) is 58.0 Å². The second kappa shape index (κ2) is 11.0. The van der Waals surface area contributed by atoms with Gasteiger partial charge in [-0.1, -0.05) is 6.07 Å². The smallest absolute Gasteiger partial charge is 0.416 e. The second-order valence-corrected chi connectivity index (χ2v) is 8.90. The van der Waals surface area contributed by atoms with Crippen molar-refractivity contribution in [2.75, 3.05) is 26.9 Å². The number of benzene rings is 2. The summed E-state index contributed by atoms with van der Waals surface area (Å²) in [4.78, 5) is 11.6. The van der Waals surface area contributed by atoms with Gasteiger partial charge in [0.15, 0.2) is 6.29 Å². The van der Waals surface area contributed by atoms with Crippen LogP contribution >= 0.6 is 11.3 Å². The number of alkyl halides is 3. The summed E-state index contributed by atoms with van der Waals surface area (Å²) in [5, 5.41) is 0.855. The zero-order valence-electron chi connectivity index (χ0n) is 18.8. The minimum atomic E-state index is -4.36. The Kier molecular flexibility index (Phi) is 8.37. The van der Waals surface area contributed by atoms with Gasteiger partial charge in [-0.15, -0.1) is 11.3 Å². The van der Waals surface area contributed by atoms with Crippen molar-refractivity contribution in [1.29, 1.82) is 0 Å². The first-order valence-electron chi connectivity index (χ1n) is 10.6. The van der Waals surface area contributed by atoms with Crippen LogP contribution in [0.25, 0.3) is 10.1 Å². The lowest BCUT2D eigenvalue weighted by Gasteiger charge is -2.17. The van der Waals surface area contributed by atoms with Gasteiger partial charge in [-0.05, 0) is 79.5 Å². The van der Waals surface area contributed by atoms with E-state index in [1.807, 2.05) is 19.9 Å². The van der Waals surface area contributed by atoms with Gasteiger partial charge in [-0.25, -0.2) is 0 Å². The van der Waals surface area contributed by atoms with Crippen molar-refractivity contribution < 1.29 is 32.2 Å². The molecule has 0 N–H and O–H groups in total. The van der Waals surface area contributed by atoms with E-state index in [-0.39, 0.29) is 12.5 Å². The zero-order chi connectivity index (χ0) is 24.0. The summed E-state index contributed by atoms with van der Waals surface area (Å²) in [6.07, 6.45) is -2.21. The van der Waals surface area contributed by atoms with Crippen molar-refractivity contribution in [3.8, 4) is 11.5 Å². The molecule has 3 rings (SSSR count). The van der Waals surface area contributed by atoms with Crippen LogP contribution in [0.5, 0.6) is 11.5 Å². The predicted molar refractivity (Wildman–Crippen MR) is 124 cm³/mol. The molecular weight excluding hydrogens is 453 g/mol. The standard InChI is InChI=1S/C25H27F3O4S/c1-16-14-20(5-7-22(16)32-13-10-29)31-12-9-18(8-11-30-3)24-17(2)21-6-4-19(25(26,27)28)15-23(21)33-24/h4-7,10,14-15,18H,8-9,11-13H2,1-3H3. The van der Waals surface area contributed by atoms with Crippen molar-refractivity contribution in [3.63, 3.8) is 0 Å². The van der Waals surface area contributed by atoms with Crippen LogP contribution in [0.3, 0.4) is 0 Å². The molecule has 0 fully saturated rings. The van der Waals surface area contributed by atoms with Crippen LogP contribution < -0.4 is 9.47 Å². The molecule has 33 heavy (non-hydrogen) atoms. The molecule has 1 atom stereocenters. The van der Waals surface area contributed by atoms with Gasteiger partial charge in [-0.2, -0.15) is 13.2 Å². The number of aldehydes is 1. The number of rotatable bonds is 11. The van der Waals surface area contributed by atoms with Crippen LogP contribution in [0.15, 0.2) is 36.4 Å². The second-order valence-electron chi connectivity index (χ2n) is 7.82. The summed E-state index contributed by atoms with van der Waals surface area (Å²) in [7, 11) is 1.64. The Labute approximate surface area is 195 Å². The van der Waals surface area contributed by atoms with E-state index in [2.05, 4.69) is 0 Å². The van der Waals surface area contributed by atoms with E-state index in [9.17, 15) is 18.0 Å². The molecule has 0 radical (unpaired) electrons. The number of ether oxygens (including phenoxy) is 3. The Balaban J connectivity index is 1.74. The molecule has 8 heteroatoms.